The number of ether oxygens (including phenoxy) is 1. The maximum Gasteiger partial charge on any atom is 0.119 e. The normalized spacial score (nSPS) is 12.1. The fourth-order valence-electron chi connectivity index (χ4n) is 3.39. The number of hydrogen-bond donors (Lipinski definition) is 0. The second-order valence-corrected chi connectivity index (χ2v) is 8.08. The lowest BCUT2D eigenvalue weighted by molar-refractivity contribution is 0.302. The van der Waals surface area contributed by atoms with Gasteiger partial charge in [0.2, 0.25) is 0 Å². The summed E-state index contributed by atoms with van der Waals surface area (Å²) in [4.78, 5) is 4.64. The van der Waals surface area contributed by atoms with Gasteiger partial charge in [0.15, 0.2) is 0 Å². The maximum absolute atomic E-state index is 5.90. The van der Waals surface area contributed by atoms with Gasteiger partial charge in [-0.3, -0.25) is 4.98 Å². The molecule has 0 saturated heterocycles. The number of unbranched alkanes of at least 4 members (excludes halogenated alkanes) is 5. The molecular formula is C26H39NO. The van der Waals surface area contributed by atoms with Gasteiger partial charge >= 0.3 is 0 Å². The lowest BCUT2D eigenvalue weighted by atomic mass is 10.0. The first-order chi connectivity index (χ1) is 13.7. The lowest BCUT2D eigenvalue weighted by Gasteiger charge is -2.09. The molecule has 1 aromatic carbocycles. The number of aryl methyl sites for hydroxylation is 1. The van der Waals surface area contributed by atoms with Crippen LogP contribution in [0.4, 0.5) is 0 Å². The van der Waals surface area contributed by atoms with Crippen molar-refractivity contribution in [3.8, 4) is 16.9 Å². The number of rotatable bonds is 14. The topological polar surface area (TPSA) is 22.1 Å². The van der Waals surface area contributed by atoms with Crippen LogP contribution in [0.1, 0.15) is 84.3 Å². The third-order valence-corrected chi connectivity index (χ3v) is 5.61. The Morgan fingerprint density at radius 3 is 2.25 bits per heavy atom. The van der Waals surface area contributed by atoms with E-state index in [-0.39, 0.29) is 0 Å². The highest BCUT2D eigenvalue weighted by atomic mass is 16.5. The second-order valence-electron chi connectivity index (χ2n) is 8.08. The average Bonchev–Trinajstić information content (AvgIpc) is 2.74. The summed E-state index contributed by atoms with van der Waals surface area (Å²) in [5.41, 5.74) is 3.58. The molecule has 2 heteroatoms. The molecule has 0 spiro atoms. The Morgan fingerprint density at radius 2 is 1.57 bits per heavy atom. The number of pyridine rings is 1. The zero-order chi connectivity index (χ0) is 20.0. The van der Waals surface area contributed by atoms with Crippen molar-refractivity contribution in [2.45, 2.75) is 85.0 Å². The van der Waals surface area contributed by atoms with Gasteiger partial charge in [0.1, 0.15) is 5.75 Å². The lowest BCUT2D eigenvalue weighted by Crippen LogP contribution is -1.98. The van der Waals surface area contributed by atoms with E-state index in [4.69, 9.17) is 4.74 Å². The summed E-state index contributed by atoms with van der Waals surface area (Å²) >= 11 is 0. The minimum atomic E-state index is 0.814. The zero-order valence-electron chi connectivity index (χ0n) is 18.3. The summed E-state index contributed by atoms with van der Waals surface area (Å²) in [5, 5.41) is 0. The van der Waals surface area contributed by atoms with Crippen LogP contribution in [0, 0.1) is 5.92 Å². The fraction of sp³-hybridized carbons (Fsp3) is 0.577. The van der Waals surface area contributed by atoms with Gasteiger partial charge in [-0.1, -0.05) is 83.9 Å². The Kier molecular flexibility index (Phi) is 10.7. The molecule has 2 rings (SSSR count). The predicted molar refractivity (Wildman–Crippen MR) is 121 cm³/mol. The largest absolute Gasteiger partial charge is 0.494 e. The molecule has 0 aliphatic rings. The van der Waals surface area contributed by atoms with Crippen LogP contribution in [0.2, 0.25) is 0 Å². The molecule has 2 aromatic rings. The van der Waals surface area contributed by atoms with Gasteiger partial charge < -0.3 is 4.74 Å². The summed E-state index contributed by atoms with van der Waals surface area (Å²) in [6, 6.07) is 12.8. The molecule has 0 amide bonds. The fourth-order valence-corrected chi connectivity index (χ4v) is 3.39. The van der Waals surface area contributed by atoms with Gasteiger partial charge in [-0.15, -0.1) is 0 Å². The molecule has 0 unspecified atom stereocenters. The van der Waals surface area contributed by atoms with Crippen molar-refractivity contribution in [1.82, 2.24) is 4.98 Å². The van der Waals surface area contributed by atoms with Gasteiger partial charge in [-0.05, 0) is 48.9 Å². The smallest absolute Gasteiger partial charge is 0.119 e. The van der Waals surface area contributed by atoms with Crippen molar-refractivity contribution < 1.29 is 4.74 Å². The minimum Gasteiger partial charge on any atom is -0.494 e. The van der Waals surface area contributed by atoms with Crippen molar-refractivity contribution in [2.24, 2.45) is 5.92 Å². The summed E-state index contributed by atoms with van der Waals surface area (Å²) < 4.78 is 5.90. The van der Waals surface area contributed by atoms with Crippen molar-refractivity contribution in [1.29, 1.82) is 0 Å². The van der Waals surface area contributed by atoms with Crippen molar-refractivity contribution in [3.63, 3.8) is 0 Å². The molecule has 0 N–H and O–H groups in total. The highest BCUT2D eigenvalue weighted by Gasteiger charge is 2.02. The Labute approximate surface area is 172 Å². The van der Waals surface area contributed by atoms with Gasteiger partial charge in [-0.2, -0.15) is 0 Å². The van der Waals surface area contributed by atoms with Crippen LogP contribution in [0.5, 0.6) is 5.75 Å². The number of aromatic nitrogens is 1. The third kappa shape index (κ3) is 8.46. The molecule has 2 nitrogen and oxygen atoms in total. The molecule has 0 aliphatic carbocycles. The standard InChI is InChI=1S/C26H39NO/c1-4-6-7-10-13-25-17-14-24(21-27-25)23-15-18-26(19-16-23)28-20-11-8-9-12-22(3)5-2/h14-19,21-22H,4-13,20H2,1-3H3/t22-/m0/s1. The van der Waals surface area contributed by atoms with Crippen molar-refractivity contribution in [2.75, 3.05) is 6.61 Å². The van der Waals surface area contributed by atoms with Gasteiger partial charge in [0, 0.05) is 17.5 Å². The van der Waals surface area contributed by atoms with Crippen LogP contribution in [0.25, 0.3) is 11.1 Å². The van der Waals surface area contributed by atoms with Crippen molar-refractivity contribution >= 4 is 0 Å². The highest BCUT2D eigenvalue weighted by Crippen LogP contribution is 2.22. The van der Waals surface area contributed by atoms with Crippen LogP contribution >= 0.6 is 0 Å². The molecule has 1 heterocycles. The van der Waals surface area contributed by atoms with Crippen molar-refractivity contribution in [3.05, 3.63) is 48.3 Å². The van der Waals surface area contributed by atoms with Gasteiger partial charge in [0.05, 0.1) is 6.61 Å². The highest BCUT2D eigenvalue weighted by molar-refractivity contribution is 5.63. The third-order valence-electron chi connectivity index (χ3n) is 5.61. The van der Waals surface area contributed by atoms with Crippen LogP contribution in [0.3, 0.4) is 0 Å². The average molecular weight is 382 g/mol. The Balaban J connectivity index is 1.71. The first-order valence-corrected chi connectivity index (χ1v) is 11.4. The Bertz CT molecular complexity index is 632. The number of hydrogen-bond acceptors (Lipinski definition) is 2. The molecule has 0 bridgehead atoms. The Morgan fingerprint density at radius 1 is 0.821 bits per heavy atom. The number of benzene rings is 1. The molecule has 0 fully saturated rings. The van der Waals surface area contributed by atoms with E-state index in [1.54, 1.807) is 0 Å². The number of nitrogens with zero attached hydrogens (tertiary/aromatic N) is 1. The monoisotopic (exact) mass is 381 g/mol. The molecule has 28 heavy (non-hydrogen) atoms. The van der Waals surface area contributed by atoms with E-state index in [0.717, 1.165) is 31.1 Å². The maximum atomic E-state index is 5.90. The van der Waals surface area contributed by atoms with Crippen LogP contribution in [-0.2, 0) is 6.42 Å². The summed E-state index contributed by atoms with van der Waals surface area (Å²) in [6.45, 7) is 7.68. The first kappa shape index (κ1) is 22.5. The quantitative estimate of drug-likeness (QED) is 0.311. The SMILES string of the molecule is CCCCCCc1ccc(-c2ccc(OCCCCC[C@@H](C)CC)cc2)cn1. The predicted octanol–water partition coefficient (Wildman–Crippen LogP) is 7.86. The van der Waals surface area contributed by atoms with E-state index in [1.807, 2.05) is 6.20 Å². The van der Waals surface area contributed by atoms with E-state index in [2.05, 4.69) is 62.2 Å². The summed E-state index contributed by atoms with van der Waals surface area (Å²) in [5.74, 6) is 1.82. The van der Waals surface area contributed by atoms with E-state index < -0.39 is 0 Å². The van der Waals surface area contributed by atoms with E-state index in [1.165, 1.54) is 68.2 Å². The first-order valence-electron chi connectivity index (χ1n) is 11.4. The molecule has 1 aromatic heterocycles. The Hall–Kier alpha value is -1.83. The van der Waals surface area contributed by atoms with Crippen LogP contribution in [-0.4, -0.2) is 11.6 Å². The van der Waals surface area contributed by atoms with Gasteiger partial charge in [-0.25, -0.2) is 0 Å². The summed E-state index contributed by atoms with van der Waals surface area (Å²) in [7, 11) is 0. The minimum absolute atomic E-state index is 0.814. The van der Waals surface area contributed by atoms with E-state index in [9.17, 15) is 0 Å². The zero-order valence-corrected chi connectivity index (χ0v) is 18.3. The van der Waals surface area contributed by atoms with E-state index >= 15 is 0 Å². The molecule has 0 aliphatic heterocycles. The second kappa shape index (κ2) is 13.4. The summed E-state index contributed by atoms with van der Waals surface area (Å²) in [6.07, 6.45) is 14.6. The molecule has 0 saturated carbocycles. The van der Waals surface area contributed by atoms with E-state index in [0.29, 0.717) is 0 Å². The molecular weight excluding hydrogens is 342 g/mol. The van der Waals surface area contributed by atoms with Gasteiger partial charge in [0.25, 0.3) is 0 Å². The molecule has 154 valence electrons. The van der Waals surface area contributed by atoms with Crippen LogP contribution in [0.15, 0.2) is 42.6 Å². The molecule has 0 radical (unpaired) electrons. The van der Waals surface area contributed by atoms with Crippen LogP contribution < -0.4 is 4.74 Å². The molecule has 1 atom stereocenters.